The molecule has 1 heterocycles. The van der Waals surface area contributed by atoms with Gasteiger partial charge in [-0.25, -0.2) is 9.97 Å². The number of hydrogen-bond donors (Lipinski definition) is 0. The zero-order chi connectivity index (χ0) is 9.84. The lowest BCUT2D eigenvalue weighted by Crippen LogP contribution is -2.07. The van der Waals surface area contributed by atoms with Gasteiger partial charge in [0.05, 0.1) is 11.6 Å². The Morgan fingerprint density at radius 1 is 1.54 bits per heavy atom. The first-order valence-corrected chi connectivity index (χ1v) is 4.00. The predicted octanol–water partition coefficient (Wildman–Crippen LogP) is 2.13. The maximum absolute atomic E-state index is 11.8. The Kier molecular flexibility index (Phi) is 3.36. The van der Waals surface area contributed by atoms with Crippen LogP contribution >= 0.6 is 11.6 Å². The maximum Gasteiger partial charge on any atom is 0.388 e. The predicted molar refractivity (Wildman–Crippen MR) is 43.0 cm³/mol. The summed E-state index contributed by atoms with van der Waals surface area (Å²) in [6.45, 7) is -1.30. The molecule has 0 spiro atoms. The topological polar surface area (TPSA) is 35.0 Å². The molecule has 0 fully saturated rings. The molecule has 0 saturated heterocycles. The van der Waals surface area contributed by atoms with E-state index in [4.69, 9.17) is 11.6 Å². The molecule has 0 amide bonds. The molecule has 0 N–H and O–H groups in total. The fourth-order valence-corrected chi connectivity index (χ4v) is 1.08. The van der Waals surface area contributed by atoms with Crippen molar-refractivity contribution in [3.8, 4) is 5.88 Å². The van der Waals surface area contributed by atoms with E-state index in [-0.39, 0.29) is 11.8 Å². The van der Waals surface area contributed by atoms with E-state index < -0.39 is 6.61 Å². The molecule has 0 radical (unpaired) electrons. The molecule has 0 bridgehead atoms. The fourth-order valence-electron chi connectivity index (χ4n) is 0.806. The summed E-state index contributed by atoms with van der Waals surface area (Å²) >= 11 is 5.51. The summed E-state index contributed by atoms with van der Waals surface area (Å²) in [7, 11) is 0. The van der Waals surface area contributed by atoms with Gasteiger partial charge in [0.15, 0.2) is 0 Å². The van der Waals surface area contributed by atoms with E-state index in [0.717, 1.165) is 6.33 Å². The van der Waals surface area contributed by atoms with Crippen LogP contribution in [0.15, 0.2) is 6.33 Å². The van der Waals surface area contributed by atoms with Crippen molar-refractivity contribution in [3.05, 3.63) is 17.6 Å². The van der Waals surface area contributed by atoms with Crippen molar-refractivity contribution in [2.45, 2.75) is 19.4 Å². The van der Waals surface area contributed by atoms with Gasteiger partial charge in [0.25, 0.3) is 0 Å². The largest absolute Gasteiger partial charge is 0.417 e. The molecule has 1 aromatic heterocycles. The lowest BCUT2D eigenvalue weighted by atomic mass is 10.3. The molecule has 1 aromatic rings. The molecule has 0 unspecified atom stereocenters. The SMILES string of the molecule is Cc1c(CCl)ncnc1OC(F)F. The minimum Gasteiger partial charge on any atom is -0.417 e. The second kappa shape index (κ2) is 4.32. The smallest absolute Gasteiger partial charge is 0.388 e. The number of ether oxygens (including phenoxy) is 1. The number of nitrogens with zero attached hydrogens (tertiary/aromatic N) is 2. The van der Waals surface area contributed by atoms with Crippen molar-refractivity contribution in [1.82, 2.24) is 9.97 Å². The van der Waals surface area contributed by atoms with Crippen molar-refractivity contribution in [2.24, 2.45) is 0 Å². The van der Waals surface area contributed by atoms with Crippen LogP contribution in [0.25, 0.3) is 0 Å². The minimum absolute atomic E-state index is 0.124. The summed E-state index contributed by atoms with van der Waals surface area (Å²) in [5.41, 5.74) is 0.935. The molecule has 0 aliphatic heterocycles. The van der Waals surface area contributed by atoms with Gasteiger partial charge in [0.1, 0.15) is 6.33 Å². The van der Waals surface area contributed by atoms with Crippen LogP contribution in [-0.2, 0) is 5.88 Å². The molecular formula is C7H7ClF2N2O. The Morgan fingerprint density at radius 2 is 2.23 bits per heavy atom. The summed E-state index contributed by atoms with van der Waals surface area (Å²) in [5.74, 6) is 0.0224. The monoisotopic (exact) mass is 208 g/mol. The molecular weight excluding hydrogens is 202 g/mol. The Bertz CT molecular complexity index is 296. The average Bonchev–Trinajstić information content (AvgIpc) is 2.08. The van der Waals surface area contributed by atoms with Crippen LogP contribution in [0.1, 0.15) is 11.3 Å². The maximum atomic E-state index is 11.8. The lowest BCUT2D eigenvalue weighted by Gasteiger charge is -2.07. The molecule has 0 saturated carbocycles. The highest BCUT2D eigenvalue weighted by atomic mass is 35.5. The number of hydrogen-bond acceptors (Lipinski definition) is 3. The molecule has 3 nitrogen and oxygen atoms in total. The summed E-state index contributed by atoms with van der Waals surface area (Å²) in [6, 6.07) is 0. The van der Waals surface area contributed by atoms with E-state index in [1.807, 2.05) is 0 Å². The summed E-state index contributed by atoms with van der Waals surface area (Å²) < 4.78 is 27.8. The van der Waals surface area contributed by atoms with Gasteiger partial charge in [-0.15, -0.1) is 11.6 Å². The first kappa shape index (κ1) is 10.1. The highest BCUT2D eigenvalue weighted by molar-refractivity contribution is 6.17. The molecule has 0 aromatic carbocycles. The summed E-state index contributed by atoms with van der Waals surface area (Å²) in [6.07, 6.45) is 1.14. The first-order chi connectivity index (χ1) is 6.15. The van der Waals surface area contributed by atoms with Crippen molar-refractivity contribution in [2.75, 3.05) is 0 Å². The summed E-state index contributed by atoms with van der Waals surface area (Å²) in [5, 5.41) is 0. The third kappa shape index (κ3) is 2.48. The third-order valence-corrected chi connectivity index (χ3v) is 1.72. The fraction of sp³-hybridized carbons (Fsp3) is 0.429. The molecule has 13 heavy (non-hydrogen) atoms. The van der Waals surface area contributed by atoms with Gasteiger partial charge < -0.3 is 4.74 Å². The van der Waals surface area contributed by atoms with Crippen LogP contribution in [0, 0.1) is 6.92 Å². The standard InChI is InChI=1S/C7H7ClF2N2O/c1-4-5(2-8)11-3-12-6(4)13-7(9)10/h3,7H,2H2,1H3. The van der Waals surface area contributed by atoms with Crippen molar-refractivity contribution >= 4 is 11.6 Å². The molecule has 1 rings (SSSR count). The van der Waals surface area contributed by atoms with E-state index >= 15 is 0 Å². The first-order valence-electron chi connectivity index (χ1n) is 3.46. The van der Waals surface area contributed by atoms with Crippen molar-refractivity contribution < 1.29 is 13.5 Å². The van der Waals surface area contributed by atoms with Gasteiger partial charge in [-0.2, -0.15) is 8.78 Å². The Hall–Kier alpha value is -0.970. The molecule has 6 heteroatoms. The van der Waals surface area contributed by atoms with E-state index in [2.05, 4.69) is 14.7 Å². The van der Waals surface area contributed by atoms with Crippen LogP contribution in [0.4, 0.5) is 8.78 Å². The molecule has 72 valence electrons. The van der Waals surface area contributed by atoms with Crippen molar-refractivity contribution in [1.29, 1.82) is 0 Å². The minimum atomic E-state index is -2.88. The van der Waals surface area contributed by atoms with E-state index in [0.29, 0.717) is 11.3 Å². The third-order valence-electron chi connectivity index (χ3n) is 1.47. The number of halogens is 3. The van der Waals surface area contributed by atoms with Crippen LogP contribution < -0.4 is 4.74 Å². The van der Waals surface area contributed by atoms with Gasteiger partial charge in [0.2, 0.25) is 5.88 Å². The number of aromatic nitrogens is 2. The normalized spacial score (nSPS) is 10.5. The average molecular weight is 209 g/mol. The van der Waals surface area contributed by atoms with Gasteiger partial charge in [-0.05, 0) is 6.92 Å². The van der Waals surface area contributed by atoms with Crippen LogP contribution in [-0.4, -0.2) is 16.6 Å². The van der Waals surface area contributed by atoms with Gasteiger partial charge in [0, 0.05) is 5.56 Å². The quantitative estimate of drug-likeness (QED) is 0.714. The van der Waals surface area contributed by atoms with E-state index in [1.165, 1.54) is 0 Å². The van der Waals surface area contributed by atoms with Gasteiger partial charge in [-0.1, -0.05) is 0 Å². The highest BCUT2D eigenvalue weighted by Crippen LogP contribution is 2.19. The molecule has 0 aliphatic rings. The van der Waals surface area contributed by atoms with Gasteiger partial charge >= 0.3 is 6.61 Å². The number of rotatable bonds is 3. The van der Waals surface area contributed by atoms with E-state index in [1.54, 1.807) is 6.92 Å². The lowest BCUT2D eigenvalue weighted by molar-refractivity contribution is -0.0534. The Morgan fingerprint density at radius 3 is 2.77 bits per heavy atom. The number of alkyl halides is 3. The second-order valence-electron chi connectivity index (χ2n) is 2.26. The van der Waals surface area contributed by atoms with Crippen LogP contribution in [0.3, 0.4) is 0 Å². The molecule has 0 aliphatic carbocycles. The Labute approximate surface area is 78.7 Å². The van der Waals surface area contributed by atoms with E-state index in [9.17, 15) is 8.78 Å². The highest BCUT2D eigenvalue weighted by Gasteiger charge is 2.11. The Balaban J connectivity index is 2.94. The summed E-state index contributed by atoms with van der Waals surface area (Å²) in [4.78, 5) is 7.35. The zero-order valence-corrected chi connectivity index (χ0v) is 7.55. The van der Waals surface area contributed by atoms with Crippen LogP contribution in [0.5, 0.6) is 5.88 Å². The van der Waals surface area contributed by atoms with Crippen LogP contribution in [0.2, 0.25) is 0 Å². The van der Waals surface area contributed by atoms with Gasteiger partial charge in [-0.3, -0.25) is 0 Å². The molecule has 0 atom stereocenters. The van der Waals surface area contributed by atoms with Crippen molar-refractivity contribution in [3.63, 3.8) is 0 Å². The second-order valence-corrected chi connectivity index (χ2v) is 2.53. The zero-order valence-electron chi connectivity index (χ0n) is 6.80.